The zero-order chi connectivity index (χ0) is 54.8. The molecule has 2 amide bonds. The summed E-state index contributed by atoms with van der Waals surface area (Å²) < 4.78 is 43.1. The Morgan fingerprint density at radius 3 is 2.11 bits per heavy atom. The minimum Gasteiger partial charge on any atom is -0.507 e. The summed E-state index contributed by atoms with van der Waals surface area (Å²) in [7, 11) is -1.79. The number of aromatic nitrogens is 1. The molecule has 0 aliphatic heterocycles. The van der Waals surface area contributed by atoms with Gasteiger partial charge in [-0.2, -0.15) is 0 Å². The lowest BCUT2D eigenvalue weighted by Gasteiger charge is -2.13. The van der Waals surface area contributed by atoms with Crippen molar-refractivity contribution in [2.45, 2.75) is 177 Å². The third-order valence-electron chi connectivity index (χ3n) is 12.7. The molecule has 0 spiro atoms. The highest BCUT2D eigenvalue weighted by Crippen LogP contribution is 2.44. The summed E-state index contributed by atoms with van der Waals surface area (Å²) in [6, 6.07) is 8.42. The minimum atomic E-state index is -3.46. The van der Waals surface area contributed by atoms with Crippen LogP contribution in [0.15, 0.2) is 72.7 Å². The van der Waals surface area contributed by atoms with E-state index in [9.17, 15) is 32.3 Å². The number of carbonyl (C=O) groups is 3. The number of rotatable bonds is 23. The number of primary amides is 1. The molecule has 2 saturated carbocycles. The quantitative estimate of drug-likeness (QED) is 0.0311. The topological polar surface area (TPSA) is 178 Å². The molecule has 0 unspecified atom stereocenters. The third-order valence-corrected chi connectivity index (χ3v) is 15.8. The van der Waals surface area contributed by atoms with Gasteiger partial charge in [0.25, 0.3) is 0 Å². The predicted molar refractivity (Wildman–Crippen MR) is 300 cm³/mol. The van der Waals surface area contributed by atoms with Gasteiger partial charge in [0.05, 0.1) is 24.1 Å². The highest BCUT2D eigenvalue weighted by molar-refractivity contribution is 7.91. The Bertz CT molecular complexity index is 2360. The molecule has 2 aromatic carbocycles. The van der Waals surface area contributed by atoms with Crippen LogP contribution in [0.3, 0.4) is 0 Å². The summed E-state index contributed by atoms with van der Waals surface area (Å²) in [6.07, 6.45) is 18.9. The fraction of sp³-hybridized carbons (Fsp3) is 0.552. The van der Waals surface area contributed by atoms with E-state index < -0.39 is 14.8 Å². The Hall–Kier alpha value is -5.08. The maximum absolute atomic E-state index is 12.8. The molecule has 3 aromatic rings. The first-order valence-corrected chi connectivity index (χ1v) is 28.1. The monoisotopic (exact) mass is 1040 g/mol. The second-order valence-corrected chi connectivity index (χ2v) is 22.5. The number of nitrogens with one attached hydrogen (secondary N) is 2. The van der Waals surface area contributed by atoms with Gasteiger partial charge in [-0.15, -0.1) is 24.5 Å². The van der Waals surface area contributed by atoms with E-state index in [1.165, 1.54) is 50.3 Å². The molecule has 3 atom stereocenters. The number of ether oxygens (including phenoxy) is 1. The lowest BCUT2D eigenvalue weighted by molar-refractivity contribution is -0.122. The minimum absolute atomic E-state index is 0.0296. The number of anilines is 1. The van der Waals surface area contributed by atoms with Crippen molar-refractivity contribution < 1.29 is 37.0 Å². The van der Waals surface area contributed by atoms with Crippen molar-refractivity contribution in [3.8, 4) is 5.75 Å². The Morgan fingerprint density at radius 1 is 0.986 bits per heavy atom. The molecule has 0 radical (unpaired) electrons. The number of ketones is 1. The van der Waals surface area contributed by atoms with Crippen molar-refractivity contribution in [3.05, 3.63) is 111 Å². The second-order valence-electron chi connectivity index (χ2n) is 19.4. The van der Waals surface area contributed by atoms with Crippen molar-refractivity contribution >= 4 is 56.0 Å². The van der Waals surface area contributed by atoms with E-state index in [4.69, 9.17) is 15.5 Å². The number of halogens is 1. The fourth-order valence-corrected chi connectivity index (χ4v) is 9.50. The number of thiazole rings is 1. The van der Waals surface area contributed by atoms with Crippen molar-refractivity contribution in [2.24, 2.45) is 23.5 Å². The number of sulfonamides is 1. The van der Waals surface area contributed by atoms with Crippen LogP contribution in [0.1, 0.15) is 185 Å². The van der Waals surface area contributed by atoms with Gasteiger partial charge in [-0.3, -0.25) is 19.1 Å². The van der Waals surface area contributed by atoms with Gasteiger partial charge in [-0.05, 0) is 158 Å². The molecule has 11 nitrogen and oxygen atoms in total. The number of amides is 2. The molecule has 2 fully saturated rings. The summed E-state index contributed by atoms with van der Waals surface area (Å²) in [4.78, 5) is 37.8. The fourth-order valence-electron chi connectivity index (χ4n) is 7.13. The summed E-state index contributed by atoms with van der Waals surface area (Å²) in [5, 5.41) is 16.7. The largest absolute Gasteiger partial charge is 0.507 e. The molecular formula is C58H89FN4O7S2. The van der Waals surface area contributed by atoms with Gasteiger partial charge in [-0.1, -0.05) is 91.4 Å². The van der Waals surface area contributed by atoms with Crippen molar-refractivity contribution in [1.82, 2.24) is 9.71 Å². The summed E-state index contributed by atoms with van der Waals surface area (Å²) in [5.41, 5.74) is 12.9. The van der Waals surface area contributed by atoms with Crippen LogP contribution in [0.25, 0.3) is 11.3 Å². The van der Waals surface area contributed by atoms with Gasteiger partial charge >= 0.3 is 0 Å². The number of nitrogens with two attached hydrogens (primary N) is 1. The number of allylic oxidation sites excluding steroid dienone is 5. The van der Waals surface area contributed by atoms with Gasteiger partial charge in [0.2, 0.25) is 21.8 Å². The molecule has 1 heterocycles. The van der Waals surface area contributed by atoms with Crippen molar-refractivity contribution in [1.29, 1.82) is 0 Å². The zero-order valence-corrected chi connectivity index (χ0v) is 47.6. The Balaban J connectivity index is 0.000000484. The zero-order valence-electron chi connectivity index (χ0n) is 45.9. The SMILES string of the molecule is C=CCCCCC.C=C[C@@H]1C[C@@H]1C(=O)NS(=O)(=O)C1(C)CC1.CC(=O)CNc1cc(C)cc(F)c1.CC/C(C)=C(/C=C(/O)c1ccc(OC)c(C)c1C)c1nc(C(C)C)cs1.CCCC[C@H](CCC)C(N)=O. The average molecular weight is 1040 g/mol. The van der Waals surface area contributed by atoms with Crippen molar-refractivity contribution in [3.63, 3.8) is 0 Å². The number of methoxy groups -OCH3 is 1. The van der Waals surface area contributed by atoms with E-state index in [0.29, 0.717) is 24.4 Å². The van der Waals surface area contributed by atoms with Gasteiger partial charge < -0.3 is 20.9 Å². The van der Waals surface area contributed by atoms with Crippen LogP contribution in [-0.4, -0.2) is 54.5 Å². The van der Waals surface area contributed by atoms with Crippen LogP contribution in [0, 0.1) is 44.3 Å². The van der Waals surface area contributed by atoms with Crippen LogP contribution in [0.2, 0.25) is 0 Å². The van der Waals surface area contributed by atoms with Gasteiger partial charge in [-0.25, -0.2) is 17.8 Å². The molecule has 2 aliphatic carbocycles. The number of Topliss-reactive ketones (excluding diaryl/α,β-unsaturated/α-hetero) is 1. The highest BCUT2D eigenvalue weighted by atomic mass is 32.2. The number of hydrogen-bond acceptors (Lipinski definition) is 10. The molecule has 5 rings (SSSR count). The second kappa shape index (κ2) is 32.9. The van der Waals surface area contributed by atoms with Crippen LogP contribution < -0.4 is 20.5 Å². The smallest absolute Gasteiger partial charge is 0.240 e. The standard InChI is InChI=1S/C22H29NO2S.C10H12FNO.C10H15NO3S.C9H19NO.C7H14/c1-8-14(4)18(22-23-19(12-26-22)13(2)3)11-20(24)17-9-10-21(25-7)16(6)15(17)5;1-7-3-9(11)5-10(4-7)12-6-8(2)13;1-3-7-6-8(7)9(12)11-15(13,14)10(2)4-5-10;1-3-5-7-8(6-4-2)9(10)11;1-3-5-7-6-4-2/h9-13,24H,8H2,1-7H3;3-5,12H,6H2,1-2H3;3,7-8H,1,4-6H2,2H3,(H,11,12);8H,3-7H2,1-2H3,(H2,10,11);3H,1,4-7H2,2H3/b18-14-,20-11+;;;;/t;;7-,8+;8-;/m..10./s1. The molecular weight excluding hydrogens is 948 g/mol. The Morgan fingerprint density at radius 2 is 1.64 bits per heavy atom. The van der Waals surface area contributed by atoms with E-state index in [0.717, 1.165) is 89.2 Å². The summed E-state index contributed by atoms with van der Waals surface area (Å²) in [5.74, 6) is 0.846. The van der Waals surface area contributed by atoms with Gasteiger partial charge in [0, 0.05) is 34.0 Å². The molecule has 1 aromatic heterocycles. The van der Waals surface area contributed by atoms with E-state index in [1.807, 2.05) is 45.1 Å². The van der Waals surface area contributed by atoms with Crippen molar-refractivity contribution in [2.75, 3.05) is 19.0 Å². The molecule has 72 heavy (non-hydrogen) atoms. The highest BCUT2D eigenvalue weighted by Gasteiger charge is 2.52. The van der Waals surface area contributed by atoms with Crippen LogP contribution >= 0.6 is 11.3 Å². The molecule has 0 bridgehead atoms. The third kappa shape index (κ3) is 22.8. The summed E-state index contributed by atoms with van der Waals surface area (Å²) >= 11 is 1.64. The van der Waals surface area contributed by atoms with E-state index in [-0.39, 0.29) is 53.5 Å². The first-order chi connectivity index (χ1) is 33.9. The average Bonchev–Trinajstić information content (AvgIpc) is 4.24. The lowest BCUT2D eigenvalue weighted by atomic mass is 9.97. The molecule has 5 N–H and O–H groups in total. The molecule has 0 saturated heterocycles. The van der Waals surface area contributed by atoms with E-state index in [2.05, 4.69) is 77.0 Å². The number of unbranched alkanes of at least 4 members (excludes halogenated alkanes) is 4. The first-order valence-electron chi connectivity index (χ1n) is 25.7. The summed E-state index contributed by atoms with van der Waals surface area (Å²) in [6.45, 7) is 31.4. The van der Waals surface area contributed by atoms with Gasteiger partial charge in [0.15, 0.2) is 0 Å². The van der Waals surface area contributed by atoms with E-state index in [1.54, 1.807) is 37.5 Å². The molecule has 2 aliphatic rings. The number of hydrogen-bond donors (Lipinski definition) is 4. The Labute approximate surface area is 437 Å². The van der Waals surface area contributed by atoms with Gasteiger partial charge in [0.1, 0.15) is 28.1 Å². The maximum Gasteiger partial charge on any atom is 0.240 e. The van der Waals surface area contributed by atoms with E-state index >= 15 is 0 Å². The maximum atomic E-state index is 12.8. The Kier molecular flexibility index (Phi) is 29.7. The number of benzene rings is 2. The molecule has 14 heteroatoms. The first kappa shape index (κ1) is 64.9. The van der Waals surface area contributed by atoms with Crippen LogP contribution in [0.5, 0.6) is 5.75 Å². The van der Waals surface area contributed by atoms with Crippen LogP contribution in [-0.2, 0) is 24.4 Å². The number of aliphatic hydroxyl groups excluding tert-OH is 1. The number of nitrogens with zero attached hydrogens (tertiary/aromatic N) is 1. The number of aliphatic hydroxyl groups is 1. The molecule has 402 valence electrons. The van der Waals surface area contributed by atoms with Crippen LogP contribution in [0.4, 0.5) is 10.1 Å². The predicted octanol–water partition coefficient (Wildman–Crippen LogP) is 14.4. The lowest BCUT2D eigenvalue weighted by Crippen LogP contribution is -2.39. The number of carbonyl (C=O) groups excluding carboxylic acids is 3. The number of aryl methyl sites for hydroxylation is 1. The normalized spacial score (nSPS) is 16.0.